The average Bonchev–Trinajstić information content (AvgIpc) is 2.82. The quantitative estimate of drug-likeness (QED) is 0.336. The van der Waals surface area contributed by atoms with E-state index < -0.39 is 31.3 Å². The number of rotatable bonds is 10. The van der Waals surface area contributed by atoms with Gasteiger partial charge in [-0.25, -0.2) is 9.80 Å². The summed E-state index contributed by atoms with van der Waals surface area (Å²) in [4.78, 5) is 24.6. The second kappa shape index (κ2) is 9.77. The van der Waals surface area contributed by atoms with Gasteiger partial charge >= 0.3 is 5.97 Å². The molecule has 0 spiro atoms. The molecule has 0 heterocycles. The number of ether oxygens (including phenoxy) is 4. The second-order valence-electron chi connectivity index (χ2n) is 5.95. The fourth-order valence-corrected chi connectivity index (χ4v) is 2.79. The third-order valence-electron chi connectivity index (χ3n) is 4.45. The van der Waals surface area contributed by atoms with Crippen LogP contribution in [0.25, 0.3) is 0 Å². The van der Waals surface area contributed by atoms with Crippen LogP contribution in [-0.2, 0) is 10.3 Å². The fraction of sp³-hybridized carbons (Fsp3) is 0.381. The lowest BCUT2D eigenvalue weighted by Crippen LogP contribution is -2.44. The minimum atomic E-state index is -3.21. The molecule has 1 atom stereocenters. The third-order valence-corrected chi connectivity index (χ3v) is 4.45. The Hall–Kier alpha value is -3.29. The van der Waals surface area contributed by atoms with Crippen LogP contribution in [0, 0.1) is 4.91 Å². The monoisotopic (exact) mass is 407 g/mol. The van der Waals surface area contributed by atoms with Crippen molar-refractivity contribution < 1.29 is 30.6 Å². The van der Waals surface area contributed by atoms with Gasteiger partial charge in [-0.3, -0.25) is 0 Å². The SMILES string of the molecule is [2H]C([2H])([2H])C([2H])([2H])C(COC(=O)c1cc(OC)c(OC)c(OC)c1)(c1ccccc1)N(C)N=O. The van der Waals surface area contributed by atoms with Crippen LogP contribution in [0.1, 0.15) is 36.0 Å². The molecule has 0 fully saturated rings. The highest BCUT2D eigenvalue weighted by Crippen LogP contribution is 2.39. The first-order valence-corrected chi connectivity index (χ1v) is 8.51. The number of esters is 1. The Kier molecular flexibility index (Phi) is 5.26. The van der Waals surface area contributed by atoms with Gasteiger partial charge in [0.15, 0.2) is 11.5 Å². The van der Waals surface area contributed by atoms with E-state index in [-0.39, 0.29) is 28.4 Å². The maximum atomic E-state index is 13.0. The standard InChI is InChI=1S/C21H26N2O6/c1-6-21(23(2)22-25,16-10-8-7-9-11-16)14-29-20(24)15-12-17(26-3)19(28-5)18(13-15)27-4/h7-13H,6,14H2,1-5H3/i1D3,6D2. The van der Waals surface area contributed by atoms with Crippen LogP contribution in [0.4, 0.5) is 0 Å². The Labute approximate surface area is 177 Å². The topological polar surface area (TPSA) is 86.7 Å². The summed E-state index contributed by atoms with van der Waals surface area (Å²) in [6.45, 7) is -4.05. The number of hydrogen-bond donors (Lipinski definition) is 0. The van der Waals surface area contributed by atoms with Crippen LogP contribution < -0.4 is 14.2 Å². The molecule has 0 aromatic heterocycles. The summed E-state index contributed by atoms with van der Waals surface area (Å²) in [5.74, 6) is -0.357. The highest BCUT2D eigenvalue weighted by Gasteiger charge is 2.37. The summed E-state index contributed by atoms with van der Waals surface area (Å²) in [6, 6.07) is 10.2. The lowest BCUT2D eigenvalue weighted by Gasteiger charge is -2.37. The molecule has 2 aromatic rings. The smallest absolute Gasteiger partial charge is 0.338 e. The van der Waals surface area contributed by atoms with E-state index in [9.17, 15) is 9.70 Å². The predicted octanol–water partition coefficient (Wildman–Crippen LogP) is 3.79. The molecule has 29 heavy (non-hydrogen) atoms. The predicted molar refractivity (Wildman–Crippen MR) is 108 cm³/mol. The van der Waals surface area contributed by atoms with Gasteiger partial charge in [0.1, 0.15) is 12.1 Å². The van der Waals surface area contributed by atoms with E-state index in [0.29, 0.717) is 5.01 Å². The van der Waals surface area contributed by atoms with E-state index in [1.54, 1.807) is 18.2 Å². The molecule has 8 nitrogen and oxygen atoms in total. The van der Waals surface area contributed by atoms with E-state index in [1.807, 2.05) is 0 Å². The molecule has 0 aliphatic rings. The van der Waals surface area contributed by atoms with E-state index in [0.717, 1.165) is 7.05 Å². The first-order valence-electron chi connectivity index (χ1n) is 11.0. The average molecular weight is 407 g/mol. The van der Waals surface area contributed by atoms with Crippen molar-refractivity contribution in [3.63, 3.8) is 0 Å². The molecule has 0 aliphatic carbocycles. The first-order chi connectivity index (χ1) is 15.9. The summed E-state index contributed by atoms with van der Waals surface area (Å²) < 4.78 is 61.5. The maximum Gasteiger partial charge on any atom is 0.338 e. The lowest BCUT2D eigenvalue weighted by atomic mass is 9.87. The van der Waals surface area contributed by atoms with Gasteiger partial charge in [0, 0.05) is 13.9 Å². The van der Waals surface area contributed by atoms with Crippen molar-refractivity contribution in [3.8, 4) is 17.2 Å². The molecule has 0 amide bonds. The first kappa shape index (κ1) is 15.6. The van der Waals surface area contributed by atoms with Crippen molar-refractivity contribution in [1.29, 1.82) is 0 Å². The van der Waals surface area contributed by atoms with E-state index in [1.165, 1.54) is 45.6 Å². The number of carbonyl (C=O) groups is 1. The van der Waals surface area contributed by atoms with E-state index >= 15 is 0 Å². The van der Waals surface area contributed by atoms with Gasteiger partial charge in [-0.15, -0.1) is 4.91 Å². The summed E-state index contributed by atoms with van der Waals surface area (Å²) in [6.07, 6.45) is -3.07. The van der Waals surface area contributed by atoms with Crippen LogP contribution in [-0.4, -0.2) is 46.0 Å². The van der Waals surface area contributed by atoms with Gasteiger partial charge in [-0.05, 0) is 24.1 Å². The minimum absolute atomic E-state index is 0.0346. The molecular weight excluding hydrogens is 376 g/mol. The van der Waals surface area contributed by atoms with Gasteiger partial charge in [0.25, 0.3) is 0 Å². The fourth-order valence-electron chi connectivity index (χ4n) is 2.79. The maximum absolute atomic E-state index is 13.0. The van der Waals surface area contributed by atoms with Crippen LogP contribution in [0.3, 0.4) is 0 Å². The van der Waals surface area contributed by atoms with Crippen molar-refractivity contribution in [2.45, 2.75) is 18.8 Å². The van der Waals surface area contributed by atoms with Crippen molar-refractivity contribution >= 4 is 5.97 Å². The highest BCUT2D eigenvalue weighted by molar-refractivity contribution is 5.91. The summed E-state index contributed by atoms with van der Waals surface area (Å²) in [7, 11) is 5.24. The Balaban J connectivity index is 2.60. The van der Waals surface area contributed by atoms with Crippen LogP contribution in [0.5, 0.6) is 17.2 Å². The number of nitrogens with zero attached hydrogens (tertiary/aromatic N) is 2. The molecule has 0 bridgehead atoms. The third kappa shape index (κ3) is 4.42. The number of likely N-dealkylation sites (N-methyl/N-ethyl adjacent to an activating group) is 1. The van der Waals surface area contributed by atoms with Crippen molar-refractivity contribution in [3.05, 3.63) is 58.5 Å². The zero-order chi connectivity index (χ0) is 25.7. The molecule has 156 valence electrons. The molecule has 0 saturated carbocycles. The second-order valence-corrected chi connectivity index (χ2v) is 5.95. The van der Waals surface area contributed by atoms with E-state index in [4.69, 9.17) is 25.8 Å². The molecule has 2 rings (SSSR count). The normalized spacial score (nSPS) is 15.9. The zero-order valence-electron chi connectivity index (χ0n) is 21.6. The van der Waals surface area contributed by atoms with Gasteiger partial charge in [-0.1, -0.05) is 37.2 Å². The molecule has 0 N–H and O–H groups in total. The van der Waals surface area contributed by atoms with Gasteiger partial charge in [0.2, 0.25) is 5.75 Å². The number of methoxy groups -OCH3 is 3. The van der Waals surface area contributed by atoms with Crippen molar-refractivity contribution in [1.82, 2.24) is 5.01 Å². The van der Waals surface area contributed by atoms with E-state index in [2.05, 4.69) is 5.29 Å². The number of nitroso groups, excluding NO2 is 1. The Morgan fingerprint density at radius 2 is 1.76 bits per heavy atom. The zero-order valence-corrected chi connectivity index (χ0v) is 16.6. The lowest BCUT2D eigenvalue weighted by molar-refractivity contribution is 0.00393. The summed E-state index contributed by atoms with van der Waals surface area (Å²) in [5, 5.41) is 3.41. The van der Waals surface area contributed by atoms with Crippen LogP contribution in [0.15, 0.2) is 47.8 Å². The van der Waals surface area contributed by atoms with Gasteiger partial charge in [0.05, 0.1) is 32.2 Å². The molecular formula is C21H26N2O6. The number of carbonyl (C=O) groups excluding carboxylic acids is 1. The Morgan fingerprint density at radius 3 is 2.24 bits per heavy atom. The van der Waals surface area contributed by atoms with Crippen LogP contribution >= 0.6 is 0 Å². The Morgan fingerprint density at radius 1 is 1.14 bits per heavy atom. The summed E-state index contributed by atoms with van der Waals surface area (Å²) in [5.41, 5.74) is -2.24. The molecule has 0 aliphatic heterocycles. The molecule has 0 saturated heterocycles. The highest BCUT2D eigenvalue weighted by atomic mass is 16.5. The number of hydrogen-bond acceptors (Lipinski definition) is 7. The molecule has 2 aromatic carbocycles. The molecule has 8 heteroatoms. The molecule has 0 radical (unpaired) electrons. The summed E-state index contributed by atoms with van der Waals surface area (Å²) >= 11 is 0. The largest absolute Gasteiger partial charge is 0.493 e. The number of benzene rings is 2. The van der Waals surface area contributed by atoms with Crippen molar-refractivity contribution in [2.75, 3.05) is 35.0 Å². The van der Waals surface area contributed by atoms with Gasteiger partial charge in [-0.2, -0.15) is 0 Å². The van der Waals surface area contributed by atoms with Crippen molar-refractivity contribution in [2.24, 2.45) is 5.29 Å². The minimum Gasteiger partial charge on any atom is -0.493 e. The molecule has 1 unspecified atom stereocenters. The van der Waals surface area contributed by atoms with Gasteiger partial charge < -0.3 is 18.9 Å². The Bertz CT molecular complexity index is 993. The van der Waals surface area contributed by atoms with Crippen LogP contribution in [0.2, 0.25) is 0 Å².